The lowest BCUT2D eigenvalue weighted by atomic mass is 10.4. The van der Waals surface area contributed by atoms with Crippen LogP contribution < -0.4 is 5.32 Å². The average Bonchev–Trinajstić information content (AvgIpc) is 2.73. The number of hydrogen-bond donors (Lipinski definition) is 1. The van der Waals surface area contributed by atoms with Crippen LogP contribution in [0.15, 0.2) is 30.6 Å². The van der Waals surface area contributed by atoms with Crippen LogP contribution in [0.1, 0.15) is 17.4 Å². The largest absolute Gasteiger partial charge is 0.342 e. The molecule has 4 nitrogen and oxygen atoms in total. The SMILES string of the molecule is CCn1cc(Cl)cc1C(=O)Nc1ccc(I)cn1. The molecular weight excluding hydrogens is 365 g/mol. The fourth-order valence-corrected chi connectivity index (χ4v) is 2.10. The Labute approximate surface area is 123 Å². The second-order valence-corrected chi connectivity index (χ2v) is 5.33. The number of aryl methyl sites for hydroxylation is 1. The van der Waals surface area contributed by atoms with E-state index in [-0.39, 0.29) is 5.91 Å². The number of aromatic nitrogens is 2. The number of nitrogens with zero attached hydrogens (tertiary/aromatic N) is 2. The van der Waals surface area contributed by atoms with Crippen molar-refractivity contribution in [2.45, 2.75) is 13.5 Å². The molecule has 94 valence electrons. The van der Waals surface area contributed by atoms with Gasteiger partial charge in [-0.1, -0.05) is 11.6 Å². The number of pyridine rings is 1. The third-order valence-corrected chi connectivity index (χ3v) is 3.25. The third kappa shape index (κ3) is 3.02. The van der Waals surface area contributed by atoms with E-state index in [9.17, 15) is 4.79 Å². The number of carbonyl (C=O) groups is 1. The van der Waals surface area contributed by atoms with Crippen LogP contribution in [-0.4, -0.2) is 15.5 Å². The van der Waals surface area contributed by atoms with Gasteiger partial charge < -0.3 is 9.88 Å². The van der Waals surface area contributed by atoms with E-state index >= 15 is 0 Å². The maximum absolute atomic E-state index is 12.1. The molecule has 2 aromatic rings. The Kier molecular flexibility index (Phi) is 4.23. The summed E-state index contributed by atoms with van der Waals surface area (Å²) in [5.41, 5.74) is 0.530. The number of amides is 1. The first-order valence-corrected chi connectivity index (χ1v) is 6.84. The molecule has 0 saturated carbocycles. The van der Waals surface area contributed by atoms with E-state index in [2.05, 4.69) is 32.9 Å². The number of anilines is 1. The lowest BCUT2D eigenvalue weighted by molar-refractivity contribution is 0.101. The van der Waals surface area contributed by atoms with Crippen LogP contribution in [0.4, 0.5) is 5.82 Å². The van der Waals surface area contributed by atoms with Gasteiger partial charge in [-0.15, -0.1) is 0 Å². The van der Waals surface area contributed by atoms with Gasteiger partial charge in [-0.05, 0) is 47.7 Å². The smallest absolute Gasteiger partial charge is 0.273 e. The van der Waals surface area contributed by atoms with Gasteiger partial charge in [-0.2, -0.15) is 0 Å². The fraction of sp³-hybridized carbons (Fsp3) is 0.167. The minimum Gasteiger partial charge on any atom is -0.342 e. The first-order valence-electron chi connectivity index (χ1n) is 5.38. The molecule has 2 heterocycles. The van der Waals surface area contributed by atoms with Crippen molar-refractivity contribution in [1.82, 2.24) is 9.55 Å². The Hall–Kier alpha value is -1.08. The van der Waals surface area contributed by atoms with Crippen LogP contribution in [0.2, 0.25) is 5.02 Å². The molecule has 1 N–H and O–H groups in total. The van der Waals surface area contributed by atoms with Crippen molar-refractivity contribution < 1.29 is 4.79 Å². The summed E-state index contributed by atoms with van der Waals surface area (Å²) >= 11 is 8.05. The Morgan fingerprint density at radius 3 is 2.94 bits per heavy atom. The number of carbonyl (C=O) groups excluding carboxylic acids is 1. The summed E-state index contributed by atoms with van der Waals surface area (Å²) in [6, 6.07) is 5.29. The maximum Gasteiger partial charge on any atom is 0.273 e. The monoisotopic (exact) mass is 375 g/mol. The topological polar surface area (TPSA) is 46.9 Å². The molecule has 0 aromatic carbocycles. The molecule has 0 aliphatic heterocycles. The minimum atomic E-state index is -0.211. The van der Waals surface area contributed by atoms with E-state index < -0.39 is 0 Å². The van der Waals surface area contributed by atoms with Gasteiger partial charge in [-0.3, -0.25) is 4.79 Å². The molecule has 0 spiro atoms. The molecule has 0 atom stereocenters. The Morgan fingerprint density at radius 2 is 2.33 bits per heavy atom. The molecule has 2 aromatic heterocycles. The zero-order chi connectivity index (χ0) is 13.1. The van der Waals surface area contributed by atoms with Gasteiger partial charge in [0.1, 0.15) is 11.5 Å². The second kappa shape index (κ2) is 5.71. The summed E-state index contributed by atoms with van der Waals surface area (Å²) < 4.78 is 2.82. The van der Waals surface area contributed by atoms with Gasteiger partial charge in [0.05, 0.1) is 5.02 Å². The van der Waals surface area contributed by atoms with Gasteiger partial charge in [0, 0.05) is 22.5 Å². The number of halogens is 2. The standard InChI is InChI=1S/C12H11ClIN3O/c1-2-17-7-8(13)5-10(17)12(18)16-11-4-3-9(14)6-15-11/h3-7H,2H2,1H3,(H,15,16,18). The van der Waals surface area contributed by atoms with Crippen molar-refractivity contribution in [3.8, 4) is 0 Å². The summed E-state index contributed by atoms with van der Waals surface area (Å²) in [5, 5.41) is 3.29. The molecule has 6 heteroatoms. The van der Waals surface area contributed by atoms with Gasteiger partial charge in [0.15, 0.2) is 0 Å². The number of nitrogens with one attached hydrogen (secondary N) is 1. The molecule has 0 fully saturated rings. The van der Waals surface area contributed by atoms with E-state index in [0.29, 0.717) is 23.1 Å². The van der Waals surface area contributed by atoms with Crippen LogP contribution in [0.3, 0.4) is 0 Å². The second-order valence-electron chi connectivity index (χ2n) is 3.65. The molecular formula is C12H11ClIN3O. The van der Waals surface area contributed by atoms with Crippen LogP contribution in [0.25, 0.3) is 0 Å². The van der Waals surface area contributed by atoms with Crippen molar-refractivity contribution in [2.75, 3.05) is 5.32 Å². The molecule has 0 unspecified atom stereocenters. The van der Waals surface area contributed by atoms with Crippen LogP contribution in [0, 0.1) is 3.57 Å². The highest BCUT2D eigenvalue weighted by atomic mass is 127. The zero-order valence-corrected chi connectivity index (χ0v) is 12.6. The highest BCUT2D eigenvalue weighted by Gasteiger charge is 2.12. The van der Waals surface area contributed by atoms with Gasteiger partial charge >= 0.3 is 0 Å². The van der Waals surface area contributed by atoms with E-state index in [1.54, 1.807) is 29.1 Å². The predicted octanol–water partition coefficient (Wildman–Crippen LogP) is 3.41. The van der Waals surface area contributed by atoms with Crippen LogP contribution >= 0.6 is 34.2 Å². The lowest BCUT2D eigenvalue weighted by Gasteiger charge is -2.06. The Bertz CT molecular complexity index is 565. The Morgan fingerprint density at radius 1 is 1.56 bits per heavy atom. The maximum atomic E-state index is 12.1. The highest BCUT2D eigenvalue weighted by molar-refractivity contribution is 14.1. The van der Waals surface area contributed by atoms with E-state index in [0.717, 1.165) is 3.57 Å². The molecule has 1 amide bonds. The summed E-state index contributed by atoms with van der Waals surface area (Å²) in [6.45, 7) is 2.64. The molecule has 0 saturated heterocycles. The number of rotatable bonds is 3. The fourth-order valence-electron chi connectivity index (χ4n) is 1.56. The molecule has 0 aliphatic carbocycles. The third-order valence-electron chi connectivity index (χ3n) is 2.41. The van der Waals surface area contributed by atoms with Crippen molar-refractivity contribution in [3.05, 3.63) is 44.9 Å². The zero-order valence-electron chi connectivity index (χ0n) is 9.65. The average molecular weight is 376 g/mol. The number of hydrogen-bond acceptors (Lipinski definition) is 2. The molecule has 2 rings (SSSR count). The molecule has 0 aliphatic rings. The van der Waals surface area contributed by atoms with Crippen molar-refractivity contribution in [2.24, 2.45) is 0 Å². The van der Waals surface area contributed by atoms with Crippen LogP contribution in [0.5, 0.6) is 0 Å². The van der Waals surface area contributed by atoms with E-state index in [1.165, 1.54) is 0 Å². The molecule has 0 bridgehead atoms. The van der Waals surface area contributed by atoms with Gasteiger partial charge in [-0.25, -0.2) is 4.98 Å². The predicted molar refractivity (Wildman–Crippen MR) is 80.0 cm³/mol. The highest BCUT2D eigenvalue weighted by Crippen LogP contribution is 2.16. The van der Waals surface area contributed by atoms with E-state index in [4.69, 9.17) is 11.6 Å². The first-order chi connectivity index (χ1) is 8.60. The molecule has 0 radical (unpaired) electrons. The summed E-state index contributed by atoms with van der Waals surface area (Å²) in [7, 11) is 0. The van der Waals surface area contributed by atoms with Crippen molar-refractivity contribution in [1.29, 1.82) is 0 Å². The quantitative estimate of drug-likeness (QED) is 0.836. The van der Waals surface area contributed by atoms with Gasteiger partial charge in [0.2, 0.25) is 0 Å². The summed E-state index contributed by atoms with van der Waals surface area (Å²) in [5.74, 6) is 0.317. The summed E-state index contributed by atoms with van der Waals surface area (Å²) in [4.78, 5) is 16.2. The van der Waals surface area contributed by atoms with Crippen molar-refractivity contribution in [3.63, 3.8) is 0 Å². The Balaban J connectivity index is 2.19. The lowest BCUT2D eigenvalue weighted by Crippen LogP contribution is -2.17. The first kappa shape index (κ1) is 13.4. The normalized spacial score (nSPS) is 10.4. The van der Waals surface area contributed by atoms with E-state index in [1.807, 2.05) is 13.0 Å². The van der Waals surface area contributed by atoms with Crippen molar-refractivity contribution >= 4 is 45.9 Å². The minimum absolute atomic E-state index is 0.211. The van der Waals surface area contributed by atoms with Gasteiger partial charge in [0.25, 0.3) is 5.91 Å². The molecule has 18 heavy (non-hydrogen) atoms. The van der Waals surface area contributed by atoms with Crippen LogP contribution in [-0.2, 0) is 6.54 Å². The summed E-state index contributed by atoms with van der Waals surface area (Å²) in [6.07, 6.45) is 3.43.